The number of hydrogen-bond donors (Lipinski definition) is 2. The lowest BCUT2D eigenvalue weighted by atomic mass is 10.1. The van der Waals surface area contributed by atoms with Crippen molar-refractivity contribution in [2.45, 2.75) is 20.3 Å². The van der Waals surface area contributed by atoms with Crippen LogP contribution in [0.3, 0.4) is 0 Å². The molecule has 1 atom stereocenters. The minimum absolute atomic E-state index is 0.148. The Hall–Kier alpha value is -2.08. The van der Waals surface area contributed by atoms with Crippen LogP contribution in [0.4, 0.5) is 0 Å². The molecule has 6 heteroatoms. The average Bonchev–Trinajstić information content (AvgIpc) is 2.95. The molecule has 0 aromatic heterocycles. The third-order valence-corrected chi connectivity index (χ3v) is 3.19. The highest BCUT2D eigenvalue weighted by Crippen LogP contribution is 2.16. The molecule has 114 valence electrons. The minimum Gasteiger partial charge on any atom is -0.484 e. The van der Waals surface area contributed by atoms with Crippen LogP contribution in [0, 0.1) is 19.8 Å². The van der Waals surface area contributed by atoms with Gasteiger partial charge in [0.1, 0.15) is 5.75 Å². The lowest BCUT2D eigenvalue weighted by Gasteiger charge is -2.11. The summed E-state index contributed by atoms with van der Waals surface area (Å²) in [5.74, 6) is -0.183. The molecule has 1 heterocycles. The summed E-state index contributed by atoms with van der Waals surface area (Å²) in [7, 11) is 0. The van der Waals surface area contributed by atoms with Gasteiger partial charge in [-0.1, -0.05) is 6.07 Å². The Labute approximate surface area is 123 Å². The highest BCUT2D eigenvalue weighted by atomic mass is 16.5. The van der Waals surface area contributed by atoms with Gasteiger partial charge < -0.3 is 9.47 Å². The first kappa shape index (κ1) is 15.3. The van der Waals surface area contributed by atoms with E-state index in [9.17, 15) is 9.59 Å². The van der Waals surface area contributed by atoms with Crippen molar-refractivity contribution in [3.63, 3.8) is 0 Å². The fraction of sp³-hybridized carbons (Fsp3) is 0.467. The number of hydrogen-bond acceptors (Lipinski definition) is 4. The Balaban J connectivity index is 1.73. The van der Waals surface area contributed by atoms with Gasteiger partial charge in [-0.15, -0.1) is 0 Å². The van der Waals surface area contributed by atoms with Gasteiger partial charge in [-0.25, -0.2) is 0 Å². The van der Waals surface area contributed by atoms with Gasteiger partial charge >= 0.3 is 0 Å². The normalized spacial score (nSPS) is 17.3. The number of rotatable bonds is 4. The van der Waals surface area contributed by atoms with Crippen LogP contribution in [0.25, 0.3) is 0 Å². The van der Waals surface area contributed by atoms with E-state index in [1.54, 1.807) is 0 Å². The number of ether oxygens (including phenoxy) is 2. The second kappa shape index (κ2) is 7.08. The monoisotopic (exact) mass is 292 g/mol. The number of nitrogens with one attached hydrogen (secondary N) is 2. The summed E-state index contributed by atoms with van der Waals surface area (Å²) in [5.41, 5.74) is 6.86. The first-order valence-electron chi connectivity index (χ1n) is 6.92. The van der Waals surface area contributed by atoms with Crippen molar-refractivity contribution in [1.82, 2.24) is 10.9 Å². The van der Waals surface area contributed by atoms with Crippen molar-refractivity contribution in [3.05, 3.63) is 29.3 Å². The van der Waals surface area contributed by atoms with E-state index >= 15 is 0 Å². The predicted molar refractivity (Wildman–Crippen MR) is 76.6 cm³/mol. The first-order chi connectivity index (χ1) is 10.0. The number of hydrazine groups is 1. The van der Waals surface area contributed by atoms with Crippen LogP contribution in [0.1, 0.15) is 17.5 Å². The SMILES string of the molecule is Cc1cc(C)cc(OCC(=O)NNC(=O)C2CCOC2)c1. The number of carbonyl (C=O) groups is 2. The molecular weight excluding hydrogens is 272 g/mol. The van der Waals surface area contributed by atoms with Crippen LogP contribution >= 0.6 is 0 Å². The van der Waals surface area contributed by atoms with Gasteiger partial charge in [-0.2, -0.15) is 0 Å². The first-order valence-corrected chi connectivity index (χ1v) is 6.92. The van der Waals surface area contributed by atoms with Crippen LogP contribution < -0.4 is 15.6 Å². The van der Waals surface area contributed by atoms with Gasteiger partial charge in [0, 0.05) is 6.61 Å². The van der Waals surface area contributed by atoms with Crippen molar-refractivity contribution >= 4 is 11.8 Å². The smallest absolute Gasteiger partial charge is 0.276 e. The number of aryl methyl sites for hydroxylation is 2. The molecule has 1 aromatic rings. The molecule has 0 radical (unpaired) electrons. The molecule has 2 rings (SSSR count). The zero-order valence-corrected chi connectivity index (χ0v) is 12.3. The van der Waals surface area contributed by atoms with Crippen molar-refractivity contribution < 1.29 is 19.1 Å². The van der Waals surface area contributed by atoms with Gasteiger partial charge in [0.15, 0.2) is 6.61 Å². The van der Waals surface area contributed by atoms with Crippen molar-refractivity contribution in [3.8, 4) is 5.75 Å². The van der Waals surface area contributed by atoms with E-state index in [4.69, 9.17) is 9.47 Å². The van der Waals surface area contributed by atoms with Gasteiger partial charge in [0.2, 0.25) is 5.91 Å². The predicted octanol–water partition coefficient (Wildman–Crippen LogP) is 0.866. The van der Waals surface area contributed by atoms with Crippen molar-refractivity contribution in [2.75, 3.05) is 19.8 Å². The van der Waals surface area contributed by atoms with Crippen molar-refractivity contribution in [2.24, 2.45) is 5.92 Å². The van der Waals surface area contributed by atoms with Crippen LogP contribution in [-0.4, -0.2) is 31.6 Å². The fourth-order valence-electron chi connectivity index (χ4n) is 2.18. The summed E-state index contributed by atoms with van der Waals surface area (Å²) in [4.78, 5) is 23.3. The minimum atomic E-state index is -0.401. The van der Waals surface area contributed by atoms with E-state index in [1.807, 2.05) is 32.0 Å². The van der Waals surface area contributed by atoms with Gasteiger partial charge in [0.05, 0.1) is 12.5 Å². The van der Waals surface area contributed by atoms with E-state index in [2.05, 4.69) is 10.9 Å². The fourth-order valence-corrected chi connectivity index (χ4v) is 2.18. The molecule has 0 bridgehead atoms. The Morgan fingerprint density at radius 1 is 1.24 bits per heavy atom. The number of benzene rings is 1. The molecule has 1 aliphatic rings. The molecule has 1 aromatic carbocycles. The second-order valence-corrected chi connectivity index (χ2v) is 5.21. The molecule has 1 aliphatic heterocycles. The Morgan fingerprint density at radius 2 is 1.95 bits per heavy atom. The number of carbonyl (C=O) groups excluding carboxylic acids is 2. The lowest BCUT2D eigenvalue weighted by Crippen LogP contribution is -2.46. The topological polar surface area (TPSA) is 76.7 Å². The molecule has 1 fully saturated rings. The number of amides is 2. The molecule has 21 heavy (non-hydrogen) atoms. The summed E-state index contributed by atoms with van der Waals surface area (Å²) in [6.45, 7) is 4.76. The highest BCUT2D eigenvalue weighted by molar-refractivity contribution is 5.84. The lowest BCUT2D eigenvalue weighted by molar-refractivity contribution is -0.132. The van der Waals surface area contributed by atoms with E-state index in [0.29, 0.717) is 25.4 Å². The molecule has 2 N–H and O–H groups in total. The maximum atomic E-state index is 11.7. The molecule has 0 spiro atoms. The standard InChI is InChI=1S/C15H20N2O4/c1-10-5-11(2)7-13(6-10)21-9-14(18)16-17-15(19)12-3-4-20-8-12/h5-7,12H,3-4,8-9H2,1-2H3,(H,16,18)(H,17,19). The molecule has 1 unspecified atom stereocenters. The molecule has 6 nitrogen and oxygen atoms in total. The molecule has 0 saturated carbocycles. The summed E-state index contributed by atoms with van der Waals surface area (Å²) in [6, 6.07) is 5.74. The third-order valence-electron chi connectivity index (χ3n) is 3.19. The second-order valence-electron chi connectivity index (χ2n) is 5.21. The van der Waals surface area contributed by atoms with E-state index < -0.39 is 5.91 Å². The quantitative estimate of drug-likeness (QED) is 0.807. The third kappa shape index (κ3) is 4.75. The van der Waals surface area contributed by atoms with Crippen LogP contribution in [0.15, 0.2) is 18.2 Å². The summed E-state index contributed by atoms with van der Waals surface area (Å²) in [6.07, 6.45) is 0.681. The maximum absolute atomic E-state index is 11.7. The van der Waals surface area contributed by atoms with E-state index in [1.165, 1.54) is 0 Å². The highest BCUT2D eigenvalue weighted by Gasteiger charge is 2.23. The van der Waals surface area contributed by atoms with Crippen LogP contribution in [0.2, 0.25) is 0 Å². The molecule has 1 saturated heterocycles. The Kier molecular flexibility index (Phi) is 5.16. The van der Waals surface area contributed by atoms with Gasteiger partial charge in [-0.3, -0.25) is 20.4 Å². The Morgan fingerprint density at radius 3 is 2.57 bits per heavy atom. The van der Waals surface area contributed by atoms with Crippen LogP contribution in [-0.2, 0) is 14.3 Å². The van der Waals surface area contributed by atoms with Gasteiger partial charge in [0.25, 0.3) is 5.91 Å². The van der Waals surface area contributed by atoms with E-state index in [0.717, 1.165) is 11.1 Å². The van der Waals surface area contributed by atoms with E-state index in [-0.39, 0.29) is 18.4 Å². The average molecular weight is 292 g/mol. The zero-order valence-electron chi connectivity index (χ0n) is 12.3. The summed E-state index contributed by atoms with van der Waals surface area (Å²) >= 11 is 0. The van der Waals surface area contributed by atoms with Crippen molar-refractivity contribution in [1.29, 1.82) is 0 Å². The molecule has 0 aliphatic carbocycles. The summed E-state index contributed by atoms with van der Waals surface area (Å²) < 4.78 is 10.5. The van der Waals surface area contributed by atoms with Crippen LogP contribution in [0.5, 0.6) is 5.75 Å². The summed E-state index contributed by atoms with van der Waals surface area (Å²) in [5, 5.41) is 0. The zero-order chi connectivity index (χ0) is 15.2. The van der Waals surface area contributed by atoms with Gasteiger partial charge in [-0.05, 0) is 43.5 Å². The maximum Gasteiger partial charge on any atom is 0.276 e. The molecular formula is C15H20N2O4. The molecule has 2 amide bonds. The Bertz CT molecular complexity index is 504. The largest absolute Gasteiger partial charge is 0.484 e.